The summed E-state index contributed by atoms with van der Waals surface area (Å²) in [5, 5.41) is 14.6. The van der Waals surface area contributed by atoms with Crippen molar-refractivity contribution in [2.45, 2.75) is 76.9 Å². The lowest BCUT2D eigenvalue weighted by Gasteiger charge is -2.28. The average molecular weight is 492 g/mol. The number of nitrogens with zero attached hydrogens (tertiary/aromatic N) is 4. The molecular formula is C29H41N5O2. The van der Waals surface area contributed by atoms with Gasteiger partial charge in [0.25, 0.3) is 0 Å². The normalized spacial score (nSPS) is 23.5. The number of likely N-dealkylation sites (tertiary alicyclic amines) is 1. The monoisotopic (exact) mass is 491 g/mol. The number of anilines is 2. The molecule has 1 saturated carbocycles. The smallest absolute Gasteiger partial charge is 0.227 e. The number of nitrogens with one attached hydrogen (secondary N) is 1. The van der Waals surface area contributed by atoms with E-state index in [4.69, 9.17) is 14.7 Å². The van der Waals surface area contributed by atoms with Crippen LogP contribution in [0.1, 0.15) is 70.3 Å². The summed E-state index contributed by atoms with van der Waals surface area (Å²) >= 11 is 0. The molecule has 0 amide bonds. The number of hydrogen-bond donors (Lipinski definition) is 2. The highest BCUT2D eigenvalue weighted by molar-refractivity contribution is 5.92. The molecule has 0 radical (unpaired) electrons. The molecule has 1 aliphatic carbocycles. The minimum atomic E-state index is -0.113. The van der Waals surface area contributed by atoms with Crippen LogP contribution < -0.4 is 15.0 Å². The predicted octanol–water partition coefficient (Wildman–Crippen LogP) is 4.43. The van der Waals surface area contributed by atoms with Crippen LogP contribution in [0, 0.1) is 17.8 Å². The van der Waals surface area contributed by atoms with E-state index in [0.717, 1.165) is 98.8 Å². The van der Waals surface area contributed by atoms with E-state index in [1.54, 1.807) is 7.11 Å². The largest absolute Gasteiger partial charge is 0.495 e. The first-order valence-electron chi connectivity index (χ1n) is 13.9. The van der Waals surface area contributed by atoms with Gasteiger partial charge >= 0.3 is 0 Å². The molecule has 36 heavy (non-hydrogen) atoms. The van der Waals surface area contributed by atoms with E-state index in [2.05, 4.69) is 46.0 Å². The number of methoxy groups -OCH3 is 1. The van der Waals surface area contributed by atoms with Gasteiger partial charge in [-0.25, -0.2) is 4.98 Å². The SMILES string of the molecule is COc1cc2c(NC(C)CC3CCC(O)CC3)nc(N3CCCC3)nc2cc1C#CCN1CCCC1. The minimum absolute atomic E-state index is 0.113. The van der Waals surface area contributed by atoms with Crippen molar-refractivity contribution in [1.29, 1.82) is 0 Å². The Morgan fingerprint density at radius 2 is 1.78 bits per heavy atom. The molecule has 7 nitrogen and oxygen atoms in total. The molecule has 194 valence electrons. The van der Waals surface area contributed by atoms with Crippen LogP contribution in [0.25, 0.3) is 10.9 Å². The van der Waals surface area contributed by atoms with Gasteiger partial charge in [-0.15, -0.1) is 0 Å². The number of fused-ring (bicyclic) bond motifs is 1. The standard InChI is InChI=1S/C29H41N5O2/c1-21(18-22-9-11-24(35)12-10-22)30-28-25-20-27(36-2)23(8-7-15-33-13-3-4-14-33)19-26(25)31-29(32-28)34-16-5-6-17-34/h19-22,24,35H,3-6,9-18H2,1-2H3,(H,30,31,32). The molecule has 1 aromatic heterocycles. The van der Waals surface area contributed by atoms with Gasteiger partial charge in [0, 0.05) is 24.5 Å². The average Bonchev–Trinajstić information content (AvgIpc) is 3.60. The maximum absolute atomic E-state index is 9.87. The van der Waals surface area contributed by atoms with Gasteiger partial charge < -0.3 is 20.1 Å². The molecule has 3 fully saturated rings. The quantitative estimate of drug-likeness (QED) is 0.555. The van der Waals surface area contributed by atoms with Crippen molar-refractivity contribution in [3.8, 4) is 17.6 Å². The number of rotatable bonds is 7. The second-order valence-electron chi connectivity index (χ2n) is 10.9. The number of aliphatic hydroxyl groups excluding tert-OH is 1. The number of aliphatic hydroxyl groups is 1. The summed E-state index contributed by atoms with van der Waals surface area (Å²) in [6.07, 6.45) is 9.93. The van der Waals surface area contributed by atoms with Crippen LogP contribution in [0.2, 0.25) is 0 Å². The zero-order valence-electron chi connectivity index (χ0n) is 21.9. The number of hydrogen-bond acceptors (Lipinski definition) is 7. The summed E-state index contributed by atoms with van der Waals surface area (Å²) < 4.78 is 5.76. The Kier molecular flexibility index (Phi) is 8.13. The van der Waals surface area contributed by atoms with Crippen LogP contribution in [0.5, 0.6) is 5.75 Å². The van der Waals surface area contributed by atoms with Gasteiger partial charge in [-0.2, -0.15) is 4.98 Å². The lowest BCUT2D eigenvalue weighted by molar-refractivity contribution is 0.105. The molecule has 1 unspecified atom stereocenters. The molecule has 2 saturated heterocycles. The Labute approximate surface area is 215 Å². The van der Waals surface area contributed by atoms with Gasteiger partial charge in [-0.05, 0) is 95.9 Å². The summed E-state index contributed by atoms with van der Waals surface area (Å²) in [7, 11) is 1.71. The van der Waals surface area contributed by atoms with Crippen LogP contribution in [0.15, 0.2) is 12.1 Å². The van der Waals surface area contributed by atoms with Crippen molar-refractivity contribution in [2.75, 3.05) is 50.1 Å². The van der Waals surface area contributed by atoms with Crippen LogP contribution in [-0.4, -0.2) is 72.0 Å². The van der Waals surface area contributed by atoms with Crippen LogP contribution in [0.4, 0.5) is 11.8 Å². The molecule has 3 heterocycles. The Morgan fingerprint density at radius 3 is 2.50 bits per heavy atom. The Morgan fingerprint density at radius 1 is 1.06 bits per heavy atom. The fourth-order valence-corrected chi connectivity index (χ4v) is 5.94. The van der Waals surface area contributed by atoms with E-state index in [-0.39, 0.29) is 12.1 Å². The lowest BCUT2D eigenvalue weighted by atomic mass is 9.84. The first-order chi connectivity index (χ1) is 17.6. The molecule has 7 heteroatoms. The Hall–Kier alpha value is -2.56. The third-order valence-electron chi connectivity index (χ3n) is 8.00. The summed E-state index contributed by atoms with van der Waals surface area (Å²) in [5.74, 6) is 9.81. The van der Waals surface area contributed by atoms with Crippen molar-refractivity contribution in [3.63, 3.8) is 0 Å². The van der Waals surface area contributed by atoms with Gasteiger partial charge in [0.2, 0.25) is 5.95 Å². The molecule has 0 spiro atoms. The van der Waals surface area contributed by atoms with Gasteiger partial charge in [0.05, 0.1) is 30.8 Å². The van der Waals surface area contributed by atoms with Gasteiger partial charge in [-0.1, -0.05) is 11.8 Å². The first kappa shape index (κ1) is 25.1. The van der Waals surface area contributed by atoms with E-state index in [9.17, 15) is 5.11 Å². The predicted molar refractivity (Wildman–Crippen MR) is 146 cm³/mol. The zero-order valence-corrected chi connectivity index (χ0v) is 21.9. The van der Waals surface area contributed by atoms with Crippen molar-refractivity contribution >= 4 is 22.7 Å². The highest BCUT2D eigenvalue weighted by Crippen LogP contribution is 2.33. The zero-order chi connectivity index (χ0) is 24.9. The summed E-state index contributed by atoms with van der Waals surface area (Å²) in [6.45, 7) is 7.33. The Bertz CT molecular complexity index is 1090. The Balaban J connectivity index is 1.42. The summed E-state index contributed by atoms with van der Waals surface area (Å²) in [6, 6.07) is 4.40. The van der Waals surface area contributed by atoms with Crippen LogP contribution >= 0.6 is 0 Å². The second-order valence-corrected chi connectivity index (χ2v) is 10.9. The lowest BCUT2D eigenvalue weighted by Crippen LogP contribution is -2.26. The van der Waals surface area contributed by atoms with E-state index < -0.39 is 0 Å². The minimum Gasteiger partial charge on any atom is -0.495 e. The highest BCUT2D eigenvalue weighted by atomic mass is 16.5. The number of ether oxygens (including phenoxy) is 1. The van der Waals surface area contributed by atoms with E-state index in [0.29, 0.717) is 5.92 Å². The van der Waals surface area contributed by atoms with E-state index in [1.807, 2.05) is 0 Å². The molecule has 2 aromatic rings. The van der Waals surface area contributed by atoms with Crippen LogP contribution in [-0.2, 0) is 0 Å². The highest BCUT2D eigenvalue weighted by Gasteiger charge is 2.23. The summed E-state index contributed by atoms with van der Waals surface area (Å²) in [4.78, 5) is 14.7. The molecule has 2 aliphatic heterocycles. The molecular weight excluding hydrogens is 450 g/mol. The second kappa shape index (κ2) is 11.7. The van der Waals surface area contributed by atoms with Crippen molar-refractivity contribution in [1.82, 2.24) is 14.9 Å². The third kappa shape index (κ3) is 6.04. The number of benzene rings is 1. The summed E-state index contributed by atoms with van der Waals surface area (Å²) in [5.41, 5.74) is 1.80. The van der Waals surface area contributed by atoms with Gasteiger partial charge in [-0.3, -0.25) is 4.90 Å². The van der Waals surface area contributed by atoms with Crippen molar-refractivity contribution < 1.29 is 9.84 Å². The fraction of sp³-hybridized carbons (Fsp3) is 0.655. The topological polar surface area (TPSA) is 73.7 Å². The van der Waals surface area contributed by atoms with E-state index >= 15 is 0 Å². The first-order valence-corrected chi connectivity index (χ1v) is 13.9. The van der Waals surface area contributed by atoms with Crippen LogP contribution in [0.3, 0.4) is 0 Å². The maximum atomic E-state index is 9.87. The molecule has 5 rings (SSSR count). The van der Waals surface area contributed by atoms with Gasteiger partial charge in [0.15, 0.2) is 0 Å². The fourth-order valence-electron chi connectivity index (χ4n) is 5.94. The maximum Gasteiger partial charge on any atom is 0.227 e. The number of aromatic nitrogens is 2. The van der Waals surface area contributed by atoms with Gasteiger partial charge in [0.1, 0.15) is 11.6 Å². The third-order valence-corrected chi connectivity index (χ3v) is 8.00. The van der Waals surface area contributed by atoms with Crippen molar-refractivity contribution in [3.05, 3.63) is 17.7 Å². The molecule has 0 bridgehead atoms. The van der Waals surface area contributed by atoms with Crippen molar-refractivity contribution in [2.24, 2.45) is 5.92 Å². The molecule has 3 aliphatic rings. The molecule has 1 atom stereocenters. The molecule has 2 N–H and O–H groups in total. The molecule has 1 aromatic carbocycles. The van der Waals surface area contributed by atoms with E-state index in [1.165, 1.54) is 25.7 Å².